The van der Waals surface area contributed by atoms with Gasteiger partial charge < -0.3 is 5.32 Å². The van der Waals surface area contributed by atoms with Gasteiger partial charge in [-0.1, -0.05) is 13.8 Å². The third-order valence-electron chi connectivity index (χ3n) is 3.94. The lowest BCUT2D eigenvalue weighted by Gasteiger charge is -2.11. The van der Waals surface area contributed by atoms with E-state index in [1.54, 1.807) is 0 Å². The summed E-state index contributed by atoms with van der Waals surface area (Å²) in [5, 5.41) is 14.4. The van der Waals surface area contributed by atoms with Gasteiger partial charge in [0.25, 0.3) is 5.91 Å². The number of rotatable bonds is 4. The molecule has 0 saturated carbocycles. The molecule has 2 aromatic rings. The molecule has 7 nitrogen and oxygen atoms in total. The van der Waals surface area contributed by atoms with Gasteiger partial charge in [0.1, 0.15) is 11.5 Å². The number of carbonyl (C=O) groups excluding carboxylic acids is 1. The first-order chi connectivity index (χ1) is 10.5. The number of nitrogens with zero attached hydrogens (tertiary/aromatic N) is 4. The molecule has 3 heterocycles. The molecule has 1 unspecified atom stereocenters. The SMILES string of the molecule is CC(C)c1n[nH]c(C(C)NC(=O)c2cc3n(n2)CCCC3)n1. The van der Waals surface area contributed by atoms with E-state index < -0.39 is 0 Å². The van der Waals surface area contributed by atoms with Crippen LogP contribution in [0.4, 0.5) is 0 Å². The molecule has 1 amide bonds. The van der Waals surface area contributed by atoms with Gasteiger partial charge in [-0.3, -0.25) is 14.6 Å². The number of carbonyl (C=O) groups is 1. The molecule has 22 heavy (non-hydrogen) atoms. The van der Waals surface area contributed by atoms with Gasteiger partial charge in [0.2, 0.25) is 0 Å². The third-order valence-corrected chi connectivity index (χ3v) is 3.94. The van der Waals surface area contributed by atoms with Crippen LogP contribution in [0.1, 0.15) is 73.4 Å². The normalized spacial score (nSPS) is 15.6. The van der Waals surface area contributed by atoms with Gasteiger partial charge in [0, 0.05) is 18.2 Å². The van der Waals surface area contributed by atoms with Crippen molar-refractivity contribution in [3.05, 3.63) is 29.1 Å². The molecule has 0 bridgehead atoms. The Labute approximate surface area is 129 Å². The van der Waals surface area contributed by atoms with Gasteiger partial charge >= 0.3 is 0 Å². The summed E-state index contributed by atoms with van der Waals surface area (Å²) in [6.07, 6.45) is 3.29. The summed E-state index contributed by atoms with van der Waals surface area (Å²) in [5.41, 5.74) is 1.62. The standard InChI is InChI=1S/C15H22N6O/c1-9(2)13-17-14(19-18-13)10(3)16-15(22)12-8-11-6-4-5-7-21(11)20-12/h8-10H,4-7H2,1-3H3,(H,16,22)(H,17,18,19). The molecule has 0 radical (unpaired) electrons. The van der Waals surface area contributed by atoms with Crippen molar-refractivity contribution in [1.29, 1.82) is 0 Å². The van der Waals surface area contributed by atoms with Crippen LogP contribution in [0.2, 0.25) is 0 Å². The second-order valence-electron chi connectivity index (χ2n) is 6.13. The van der Waals surface area contributed by atoms with Gasteiger partial charge in [-0.15, -0.1) is 0 Å². The predicted molar refractivity (Wildman–Crippen MR) is 81.5 cm³/mol. The average Bonchev–Trinajstić information content (AvgIpc) is 3.14. The zero-order valence-electron chi connectivity index (χ0n) is 13.3. The van der Waals surface area contributed by atoms with Crippen LogP contribution in [0, 0.1) is 0 Å². The maximum Gasteiger partial charge on any atom is 0.272 e. The number of aryl methyl sites for hydroxylation is 2. The Bertz CT molecular complexity index is 648. The Morgan fingerprint density at radius 3 is 2.86 bits per heavy atom. The maximum atomic E-state index is 12.3. The first kappa shape index (κ1) is 14.7. The summed E-state index contributed by atoms with van der Waals surface area (Å²) < 4.78 is 1.94. The molecule has 0 aromatic carbocycles. The van der Waals surface area contributed by atoms with E-state index in [0.29, 0.717) is 11.5 Å². The minimum Gasteiger partial charge on any atom is -0.341 e. The molecular weight excluding hydrogens is 280 g/mol. The first-order valence-corrected chi connectivity index (χ1v) is 7.84. The molecule has 0 saturated heterocycles. The third kappa shape index (κ3) is 2.88. The number of fused-ring (bicyclic) bond motifs is 1. The molecule has 0 fully saturated rings. The number of amides is 1. The first-order valence-electron chi connectivity index (χ1n) is 7.84. The Kier molecular flexibility index (Phi) is 3.96. The Balaban J connectivity index is 1.68. The fourth-order valence-corrected chi connectivity index (χ4v) is 2.61. The molecule has 1 aliphatic heterocycles. The quantitative estimate of drug-likeness (QED) is 0.903. The highest BCUT2D eigenvalue weighted by atomic mass is 16.2. The van der Waals surface area contributed by atoms with Gasteiger partial charge in [-0.05, 0) is 32.3 Å². The molecule has 1 aliphatic rings. The van der Waals surface area contributed by atoms with Crippen LogP contribution in [-0.4, -0.2) is 30.9 Å². The van der Waals surface area contributed by atoms with Gasteiger partial charge in [0.05, 0.1) is 6.04 Å². The minimum absolute atomic E-state index is 0.170. The summed E-state index contributed by atoms with van der Waals surface area (Å²) in [4.78, 5) is 16.8. The average molecular weight is 302 g/mol. The van der Waals surface area contributed by atoms with Crippen LogP contribution >= 0.6 is 0 Å². The van der Waals surface area contributed by atoms with Crippen LogP contribution in [0.3, 0.4) is 0 Å². The Morgan fingerprint density at radius 1 is 1.36 bits per heavy atom. The van der Waals surface area contributed by atoms with Gasteiger partial charge in [0.15, 0.2) is 5.82 Å². The summed E-state index contributed by atoms with van der Waals surface area (Å²) in [6.45, 7) is 6.86. The van der Waals surface area contributed by atoms with E-state index in [1.807, 2.05) is 31.5 Å². The lowest BCUT2D eigenvalue weighted by atomic mass is 10.1. The van der Waals surface area contributed by atoms with E-state index in [1.165, 1.54) is 6.42 Å². The molecule has 2 N–H and O–H groups in total. The Morgan fingerprint density at radius 2 is 2.18 bits per heavy atom. The second kappa shape index (κ2) is 5.90. The van der Waals surface area contributed by atoms with Crippen LogP contribution in [0.25, 0.3) is 0 Å². The van der Waals surface area contributed by atoms with Crippen molar-refractivity contribution in [2.45, 2.75) is 58.5 Å². The molecular formula is C15H22N6O. The highest BCUT2D eigenvalue weighted by Gasteiger charge is 2.20. The van der Waals surface area contributed by atoms with Crippen molar-refractivity contribution in [2.24, 2.45) is 0 Å². The van der Waals surface area contributed by atoms with Gasteiger partial charge in [-0.25, -0.2) is 4.98 Å². The smallest absolute Gasteiger partial charge is 0.272 e. The second-order valence-corrected chi connectivity index (χ2v) is 6.13. The van der Waals surface area contributed by atoms with E-state index in [2.05, 4.69) is 25.6 Å². The van der Waals surface area contributed by atoms with Crippen LogP contribution in [-0.2, 0) is 13.0 Å². The van der Waals surface area contributed by atoms with Crippen molar-refractivity contribution in [3.63, 3.8) is 0 Å². The van der Waals surface area contributed by atoms with Crippen molar-refractivity contribution in [3.8, 4) is 0 Å². The Hall–Kier alpha value is -2.18. The summed E-state index contributed by atoms with van der Waals surface area (Å²) in [5.74, 6) is 1.51. The lowest BCUT2D eigenvalue weighted by molar-refractivity contribution is 0.0932. The summed E-state index contributed by atoms with van der Waals surface area (Å²) >= 11 is 0. The molecule has 118 valence electrons. The van der Waals surface area contributed by atoms with E-state index in [9.17, 15) is 4.79 Å². The highest BCUT2D eigenvalue weighted by molar-refractivity contribution is 5.92. The van der Waals surface area contributed by atoms with Crippen molar-refractivity contribution in [2.75, 3.05) is 0 Å². The highest BCUT2D eigenvalue weighted by Crippen LogP contribution is 2.16. The number of aromatic amines is 1. The fourth-order valence-electron chi connectivity index (χ4n) is 2.61. The van der Waals surface area contributed by atoms with E-state index in [4.69, 9.17) is 0 Å². The summed E-state index contributed by atoms with van der Waals surface area (Å²) in [6, 6.07) is 1.66. The molecule has 0 spiro atoms. The lowest BCUT2D eigenvalue weighted by Crippen LogP contribution is -2.28. The van der Waals surface area contributed by atoms with Gasteiger partial charge in [-0.2, -0.15) is 10.2 Å². The largest absolute Gasteiger partial charge is 0.341 e. The van der Waals surface area contributed by atoms with Crippen LogP contribution in [0.15, 0.2) is 6.07 Å². The monoisotopic (exact) mass is 302 g/mol. The molecule has 3 rings (SSSR count). The number of nitrogens with one attached hydrogen (secondary N) is 2. The summed E-state index contributed by atoms with van der Waals surface area (Å²) in [7, 11) is 0. The van der Waals surface area contributed by atoms with E-state index in [-0.39, 0.29) is 17.9 Å². The number of aromatic nitrogens is 5. The minimum atomic E-state index is -0.230. The van der Waals surface area contributed by atoms with Crippen molar-refractivity contribution >= 4 is 5.91 Å². The molecule has 7 heteroatoms. The number of hydrogen-bond donors (Lipinski definition) is 2. The van der Waals surface area contributed by atoms with Crippen molar-refractivity contribution in [1.82, 2.24) is 30.3 Å². The molecule has 2 aromatic heterocycles. The van der Waals surface area contributed by atoms with E-state index in [0.717, 1.165) is 30.9 Å². The zero-order chi connectivity index (χ0) is 15.7. The van der Waals surface area contributed by atoms with Crippen LogP contribution in [0.5, 0.6) is 0 Å². The maximum absolute atomic E-state index is 12.3. The number of hydrogen-bond acceptors (Lipinski definition) is 4. The number of H-pyrrole nitrogens is 1. The molecule has 0 aliphatic carbocycles. The van der Waals surface area contributed by atoms with Crippen LogP contribution < -0.4 is 5.32 Å². The van der Waals surface area contributed by atoms with Crippen molar-refractivity contribution < 1.29 is 4.79 Å². The molecule has 1 atom stereocenters. The van der Waals surface area contributed by atoms with E-state index >= 15 is 0 Å². The fraction of sp³-hybridized carbons (Fsp3) is 0.600. The zero-order valence-corrected chi connectivity index (χ0v) is 13.3. The predicted octanol–water partition coefficient (Wildman–Crippen LogP) is 1.95. The topological polar surface area (TPSA) is 88.5 Å².